The summed E-state index contributed by atoms with van der Waals surface area (Å²) < 4.78 is 0. The van der Waals surface area contributed by atoms with Gasteiger partial charge in [-0.1, -0.05) is 18.6 Å². The summed E-state index contributed by atoms with van der Waals surface area (Å²) in [5, 5.41) is 3.17. The second-order valence-corrected chi connectivity index (χ2v) is 5.90. The van der Waals surface area contributed by atoms with Crippen LogP contribution in [0.2, 0.25) is 0 Å². The molecule has 0 heterocycles. The summed E-state index contributed by atoms with van der Waals surface area (Å²) in [6, 6.07) is 0.0909. The molecule has 0 radical (unpaired) electrons. The van der Waals surface area contributed by atoms with Gasteiger partial charge in [0.05, 0.1) is 11.4 Å². The minimum absolute atomic E-state index is 0.0909. The molecule has 0 aliphatic heterocycles. The number of carbonyl (C=O) groups excluding carboxylic acids is 1. The van der Waals surface area contributed by atoms with Gasteiger partial charge in [-0.3, -0.25) is 4.79 Å². The van der Waals surface area contributed by atoms with Crippen LogP contribution in [0.15, 0.2) is 0 Å². The van der Waals surface area contributed by atoms with E-state index in [1.54, 1.807) is 0 Å². The first-order chi connectivity index (χ1) is 9.10. The molecule has 19 heavy (non-hydrogen) atoms. The second-order valence-electron chi connectivity index (χ2n) is 5.29. The Morgan fingerprint density at radius 3 is 2.84 bits per heavy atom. The zero-order valence-electron chi connectivity index (χ0n) is 11.5. The number of alkyl halides is 1. The molecule has 4 nitrogen and oxygen atoms in total. The van der Waals surface area contributed by atoms with Crippen molar-refractivity contribution in [1.29, 1.82) is 0 Å². The molecule has 0 bridgehead atoms. The molecule has 1 fully saturated rings. The first-order valence-corrected chi connectivity index (χ1v) is 7.84. The van der Waals surface area contributed by atoms with Crippen molar-refractivity contribution in [3.63, 3.8) is 0 Å². The number of nitrogens with two attached hydrogens (primary N) is 1. The maximum atomic E-state index is 11.5. The Balaban J connectivity index is 2.57. The summed E-state index contributed by atoms with van der Waals surface area (Å²) in [6.45, 7) is 1.87. The van der Waals surface area contributed by atoms with Gasteiger partial charge in [-0.15, -0.1) is 11.6 Å². The summed E-state index contributed by atoms with van der Waals surface area (Å²) >= 11 is 10.6. The maximum Gasteiger partial charge on any atom is 0.222 e. The van der Waals surface area contributed by atoms with Gasteiger partial charge in [0.25, 0.3) is 0 Å². The highest BCUT2D eigenvalue weighted by Crippen LogP contribution is 2.31. The van der Waals surface area contributed by atoms with Crippen LogP contribution in [0.4, 0.5) is 0 Å². The van der Waals surface area contributed by atoms with Crippen LogP contribution in [0.25, 0.3) is 0 Å². The second kappa shape index (κ2) is 8.72. The molecule has 110 valence electrons. The first-order valence-electron chi connectivity index (χ1n) is 6.83. The van der Waals surface area contributed by atoms with E-state index < -0.39 is 0 Å². The highest BCUT2D eigenvalue weighted by atomic mass is 35.5. The highest BCUT2D eigenvalue weighted by molar-refractivity contribution is 7.78. The molecule has 0 saturated heterocycles. The van der Waals surface area contributed by atoms with E-state index in [9.17, 15) is 4.79 Å². The van der Waals surface area contributed by atoms with Gasteiger partial charge >= 0.3 is 0 Å². The quantitative estimate of drug-likeness (QED) is 0.525. The third-order valence-electron chi connectivity index (χ3n) is 4.01. The van der Waals surface area contributed by atoms with Crippen LogP contribution in [0.1, 0.15) is 25.7 Å². The van der Waals surface area contributed by atoms with E-state index in [0.717, 1.165) is 38.8 Å². The van der Waals surface area contributed by atoms with Gasteiger partial charge in [0.1, 0.15) is 0 Å². The molecule has 0 aromatic heterocycles. The molecule has 1 saturated carbocycles. The summed E-state index contributed by atoms with van der Waals surface area (Å²) in [5.74, 6) is 0.778. The van der Waals surface area contributed by atoms with Crippen molar-refractivity contribution in [2.75, 3.05) is 26.0 Å². The van der Waals surface area contributed by atoms with Gasteiger partial charge in [0.2, 0.25) is 5.91 Å². The summed E-state index contributed by atoms with van der Waals surface area (Å²) in [6.07, 6.45) is 4.09. The predicted octanol–water partition coefficient (Wildman–Crippen LogP) is 1.36. The normalized spacial score (nSPS) is 27.2. The molecule has 6 heteroatoms. The molecular weight excluding hydrogens is 282 g/mol. The number of primary amides is 1. The van der Waals surface area contributed by atoms with Crippen LogP contribution in [-0.4, -0.2) is 48.4 Å². The molecule has 3 unspecified atom stereocenters. The monoisotopic (exact) mass is 305 g/mol. The molecule has 0 aromatic carbocycles. The van der Waals surface area contributed by atoms with Crippen LogP contribution in [0.5, 0.6) is 0 Å². The number of thiocarbonyl (C=S) groups is 1. The van der Waals surface area contributed by atoms with Crippen LogP contribution < -0.4 is 11.1 Å². The Bertz CT molecular complexity index is 304. The molecule has 1 amide bonds. The van der Waals surface area contributed by atoms with Crippen molar-refractivity contribution in [2.45, 2.75) is 31.7 Å². The molecule has 1 aliphatic rings. The predicted molar refractivity (Wildman–Crippen MR) is 83.4 cm³/mol. The van der Waals surface area contributed by atoms with E-state index in [4.69, 9.17) is 29.6 Å². The largest absolute Gasteiger partial charge is 0.378 e. The summed E-state index contributed by atoms with van der Waals surface area (Å²) in [5.41, 5.74) is 7.01. The maximum absolute atomic E-state index is 11.5. The first kappa shape index (κ1) is 16.7. The topological polar surface area (TPSA) is 58.4 Å². The number of nitrogens with one attached hydrogen (secondary N) is 1. The van der Waals surface area contributed by atoms with E-state index >= 15 is 0 Å². The van der Waals surface area contributed by atoms with Gasteiger partial charge in [-0.25, -0.2) is 0 Å². The Labute approximate surface area is 126 Å². The van der Waals surface area contributed by atoms with Crippen molar-refractivity contribution in [2.24, 2.45) is 17.6 Å². The van der Waals surface area contributed by atoms with E-state index in [1.165, 1.54) is 5.49 Å². The number of carbonyl (C=O) groups is 1. The lowest BCUT2D eigenvalue weighted by molar-refractivity contribution is -0.124. The Morgan fingerprint density at radius 1 is 1.53 bits per heavy atom. The number of hydrogen-bond donors (Lipinski definition) is 2. The van der Waals surface area contributed by atoms with Crippen molar-refractivity contribution in [3.05, 3.63) is 0 Å². The van der Waals surface area contributed by atoms with Crippen molar-refractivity contribution in [1.82, 2.24) is 10.2 Å². The lowest BCUT2D eigenvalue weighted by Gasteiger charge is -2.37. The molecule has 3 atom stereocenters. The van der Waals surface area contributed by atoms with Crippen LogP contribution in [-0.2, 0) is 4.79 Å². The highest BCUT2D eigenvalue weighted by Gasteiger charge is 2.35. The third-order valence-corrected chi connectivity index (χ3v) is 4.31. The van der Waals surface area contributed by atoms with Crippen molar-refractivity contribution >= 4 is 35.2 Å². The fourth-order valence-corrected chi connectivity index (χ4v) is 3.35. The smallest absolute Gasteiger partial charge is 0.222 e. The standard InChI is InChI=1S/C13H24ClN3OS/c1-17(8-6-14)7-5-10-3-2-4-11(13(15)18)12(10)16-9-19/h9-12H,2-8H2,1H3,(H2,15,18)(H,16,19). The summed E-state index contributed by atoms with van der Waals surface area (Å²) in [4.78, 5) is 13.7. The van der Waals surface area contributed by atoms with E-state index in [0.29, 0.717) is 11.8 Å². The van der Waals surface area contributed by atoms with Crippen LogP contribution in [0.3, 0.4) is 0 Å². The van der Waals surface area contributed by atoms with Gasteiger partial charge in [0, 0.05) is 18.5 Å². The van der Waals surface area contributed by atoms with Gasteiger partial charge in [-0.05, 0) is 38.8 Å². The zero-order valence-corrected chi connectivity index (χ0v) is 13.1. The Hall–Kier alpha value is -0.390. The zero-order chi connectivity index (χ0) is 14.3. The molecule has 1 rings (SSSR count). The molecule has 0 spiro atoms. The Kier molecular flexibility index (Phi) is 7.64. The van der Waals surface area contributed by atoms with E-state index in [-0.39, 0.29) is 17.9 Å². The van der Waals surface area contributed by atoms with E-state index in [1.807, 2.05) is 0 Å². The van der Waals surface area contributed by atoms with Gasteiger partial charge in [-0.2, -0.15) is 0 Å². The molecular formula is C13H24ClN3OS. The van der Waals surface area contributed by atoms with Crippen LogP contribution >= 0.6 is 23.8 Å². The number of hydrogen-bond acceptors (Lipinski definition) is 3. The number of nitrogens with zero attached hydrogens (tertiary/aromatic N) is 1. The molecule has 1 aliphatic carbocycles. The number of rotatable bonds is 8. The van der Waals surface area contributed by atoms with Crippen molar-refractivity contribution in [3.8, 4) is 0 Å². The minimum Gasteiger partial charge on any atom is -0.378 e. The Morgan fingerprint density at radius 2 is 2.26 bits per heavy atom. The van der Waals surface area contributed by atoms with Gasteiger partial charge in [0.15, 0.2) is 0 Å². The third kappa shape index (κ3) is 5.24. The van der Waals surface area contributed by atoms with Crippen molar-refractivity contribution < 1.29 is 4.79 Å². The van der Waals surface area contributed by atoms with Gasteiger partial charge < -0.3 is 16.0 Å². The average Bonchev–Trinajstić information content (AvgIpc) is 2.37. The fraction of sp³-hybridized carbons (Fsp3) is 0.846. The van der Waals surface area contributed by atoms with Crippen LogP contribution in [0, 0.1) is 11.8 Å². The SMILES string of the molecule is CN(CCCl)CCC1CCCC(C(N)=O)C1NC=S. The number of halogens is 1. The minimum atomic E-state index is -0.215. The fourth-order valence-electron chi connectivity index (χ4n) is 2.90. The lowest BCUT2D eigenvalue weighted by Crippen LogP contribution is -2.49. The molecule has 0 aromatic rings. The summed E-state index contributed by atoms with van der Waals surface area (Å²) in [7, 11) is 2.07. The number of amides is 1. The molecule has 3 N–H and O–H groups in total. The lowest BCUT2D eigenvalue weighted by atomic mass is 9.75. The average molecular weight is 306 g/mol. The van der Waals surface area contributed by atoms with E-state index in [2.05, 4.69) is 17.3 Å².